The van der Waals surface area contributed by atoms with Gasteiger partial charge in [-0.25, -0.2) is 9.13 Å². The van der Waals surface area contributed by atoms with Crippen LogP contribution in [0.2, 0.25) is 0 Å². The third-order valence-corrected chi connectivity index (χ3v) is 17.6. The number of hydrogen-bond acceptors (Lipinski definition) is 15. The van der Waals surface area contributed by atoms with E-state index in [0.29, 0.717) is 31.6 Å². The van der Waals surface area contributed by atoms with Crippen molar-refractivity contribution in [1.82, 2.24) is 0 Å². The lowest BCUT2D eigenvalue weighted by Crippen LogP contribution is -2.30. The lowest BCUT2D eigenvalue weighted by atomic mass is 10.0. The summed E-state index contributed by atoms with van der Waals surface area (Å²) in [5.74, 6) is -0.670. The molecule has 5 atom stereocenters. The van der Waals surface area contributed by atoms with Gasteiger partial charge in [-0.05, 0) is 37.5 Å². The maximum atomic E-state index is 13.0. The van der Waals surface area contributed by atoms with Gasteiger partial charge in [0.05, 0.1) is 26.4 Å². The number of rotatable bonds is 67. The second-order valence-electron chi connectivity index (χ2n) is 25.5. The summed E-state index contributed by atoms with van der Waals surface area (Å²) in [4.78, 5) is 72.3. The highest BCUT2D eigenvalue weighted by Gasteiger charge is 2.30. The zero-order valence-corrected chi connectivity index (χ0v) is 58.1. The fourth-order valence-electron chi connectivity index (χ4n) is 10.2. The van der Waals surface area contributed by atoms with Crippen molar-refractivity contribution in [3.8, 4) is 0 Å². The van der Waals surface area contributed by atoms with Crippen molar-refractivity contribution in [2.24, 2.45) is 11.8 Å². The molecule has 0 aliphatic rings. The molecule has 17 nitrogen and oxygen atoms in total. The van der Waals surface area contributed by atoms with Gasteiger partial charge in [0, 0.05) is 25.7 Å². The molecule has 0 bridgehead atoms. The Morgan fingerprint density at radius 1 is 0.310 bits per heavy atom. The number of unbranched alkanes of at least 4 members (excludes halogenated alkanes) is 37. The smallest absolute Gasteiger partial charge is 0.462 e. The molecule has 19 heteroatoms. The predicted octanol–water partition coefficient (Wildman–Crippen LogP) is 19.2. The monoisotopic (exact) mass is 1280 g/mol. The summed E-state index contributed by atoms with van der Waals surface area (Å²) in [6.45, 7) is 9.42. The second kappa shape index (κ2) is 60.3. The largest absolute Gasteiger partial charge is 0.472 e. The van der Waals surface area contributed by atoms with Gasteiger partial charge >= 0.3 is 39.5 Å². The lowest BCUT2D eigenvalue weighted by Gasteiger charge is -2.21. The minimum Gasteiger partial charge on any atom is -0.462 e. The van der Waals surface area contributed by atoms with Crippen LogP contribution < -0.4 is 0 Å². The third kappa shape index (κ3) is 62.6. The molecule has 0 saturated heterocycles. The highest BCUT2D eigenvalue weighted by molar-refractivity contribution is 7.47. The van der Waals surface area contributed by atoms with Crippen molar-refractivity contribution >= 4 is 39.5 Å². The fraction of sp³-hybridized carbons (Fsp3) is 0.941. The van der Waals surface area contributed by atoms with Gasteiger partial charge in [-0.15, -0.1) is 0 Å². The Morgan fingerprint density at radius 3 is 0.782 bits per heavy atom. The van der Waals surface area contributed by atoms with E-state index in [0.717, 1.165) is 109 Å². The van der Waals surface area contributed by atoms with Crippen molar-refractivity contribution < 1.29 is 80.2 Å². The van der Waals surface area contributed by atoms with Crippen molar-refractivity contribution in [2.45, 2.75) is 362 Å². The van der Waals surface area contributed by atoms with E-state index in [9.17, 15) is 43.2 Å². The molecule has 0 saturated carbocycles. The average Bonchev–Trinajstić information content (AvgIpc) is 3.64. The summed E-state index contributed by atoms with van der Waals surface area (Å²) in [5.41, 5.74) is 0. The predicted molar refractivity (Wildman–Crippen MR) is 349 cm³/mol. The molecular formula is C68H132O17P2. The minimum atomic E-state index is -4.95. The Morgan fingerprint density at radius 2 is 0.529 bits per heavy atom. The number of aliphatic hydroxyl groups excluding tert-OH is 1. The van der Waals surface area contributed by atoms with E-state index in [4.69, 9.17) is 37.0 Å². The van der Waals surface area contributed by atoms with E-state index in [1.807, 2.05) is 0 Å². The van der Waals surface area contributed by atoms with Crippen LogP contribution >= 0.6 is 15.6 Å². The highest BCUT2D eigenvalue weighted by atomic mass is 31.2. The summed E-state index contributed by atoms with van der Waals surface area (Å²) < 4.78 is 68.0. The molecule has 0 spiro atoms. The first kappa shape index (κ1) is 85.1. The van der Waals surface area contributed by atoms with Crippen molar-refractivity contribution in [2.75, 3.05) is 39.6 Å². The van der Waals surface area contributed by atoms with Gasteiger partial charge in [0.1, 0.15) is 19.3 Å². The molecule has 87 heavy (non-hydrogen) atoms. The van der Waals surface area contributed by atoms with Gasteiger partial charge in [0.25, 0.3) is 0 Å². The van der Waals surface area contributed by atoms with E-state index in [1.54, 1.807) is 0 Å². The van der Waals surface area contributed by atoms with Crippen LogP contribution in [-0.4, -0.2) is 96.7 Å². The van der Waals surface area contributed by atoms with E-state index in [1.165, 1.54) is 148 Å². The molecule has 0 aromatic carbocycles. The molecule has 0 rings (SSSR count). The molecule has 2 unspecified atom stereocenters. The average molecular weight is 1280 g/mol. The second-order valence-corrected chi connectivity index (χ2v) is 28.4. The van der Waals surface area contributed by atoms with E-state index in [-0.39, 0.29) is 25.7 Å². The Hall–Kier alpha value is -1.94. The molecule has 0 amide bonds. The van der Waals surface area contributed by atoms with Crippen LogP contribution in [0, 0.1) is 11.8 Å². The van der Waals surface area contributed by atoms with Gasteiger partial charge < -0.3 is 33.8 Å². The van der Waals surface area contributed by atoms with Gasteiger partial charge in [0.15, 0.2) is 12.2 Å². The zero-order valence-electron chi connectivity index (χ0n) is 56.3. The van der Waals surface area contributed by atoms with E-state index < -0.39 is 97.5 Å². The maximum absolute atomic E-state index is 13.0. The van der Waals surface area contributed by atoms with E-state index >= 15 is 0 Å². The van der Waals surface area contributed by atoms with Gasteiger partial charge in [-0.1, -0.05) is 292 Å². The fourth-order valence-corrected chi connectivity index (χ4v) is 11.8. The molecule has 0 fully saturated rings. The van der Waals surface area contributed by atoms with Crippen molar-refractivity contribution in [1.29, 1.82) is 0 Å². The van der Waals surface area contributed by atoms with Gasteiger partial charge in [-0.3, -0.25) is 37.3 Å². The number of phosphoric acid groups is 2. The molecule has 0 radical (unpaired) electrons. The minimum absolute atomic E-state index is 0.102. The summed E-state index contributed by atoms with van der Waals surface area (Å²) >= 11 is 0. The Kier molecular flexibility index (Phi) is 59.0. The normalized spacial score (nSPS) is 14.2. The topological polar surface area (TPSA) is 237 Å². The number of hydrogen-bond donors (Lipinski definition) is 3. The Labute approximate surface area is 530 Å². The molecule has 0 aromatic heterocycles. The number of carbonyl (C=O) groups excluding carboxylic acids is 4. The standard InChI is InChI=1S/C68H132O17P2/c1-7-9-11-13-15-16-17-18-22-25-28-32-39-45-51-66(71)79-57-63(84-67(72)52-46-40-33-29-26-23-20-19-21-24-27-31-36-42-48-60(3)4)58-82-86(74,75)80-54-62(69)55-81-87(76,77)83-59-64(56-78-65(70)50-44-38-30-14-12-10-8-2)85-68(73)53-47-41-35-34-37-43-49-61(5)6/h60-64,69H,7-59H2,1-6H3,(H,74,75)(H,76,77)/t62-,63-,64-/m1/s1. The van der Waals surface area contributed by atoms with Crippen LogP contribution in [0.25, 0.3) is 0 Å². The molecule has 0 aromatic rings. The Balaban J connectivity index is 5.19. The molecule has 516 valence electrons. The van der Waals surface area contributed by atoms with Crippen LogP contribution in [-0.2, 0) is 65.4 Å². The number of esters is 4. The quantitative estimate of drug-likeness (QED) is 0.0222. The lowest BCUT2D eigenvalue weighted by molar-refractivity contribution is -0.161. The third-order valence-electron chi connectivity index (χ3n) is 15.7. The first-order valence-electron chi connectivity index (χ1n) is 35.5. The number of aliphatic hydroxyl groups is 1. The van der Waals surface area contributed by atoms with Crippen LogP contribution in [0.15, 0.2) is 0 Å². The molecule has 0 aliphatic heterocycles. The highest BCUT2D eigenvalue weighted by Crippen LogP contribution is 2.45. The number of carbonyl (C=O) groups is 4. The molecule has 0 heterocycles. The van der Waals surface area contributed by atoms with Crippen LogP contribution in [0.4, 0.5) is 0 Å². The van der Waals surface area contributed by atoms with Crippen LogP contribution in [0.1, 0.15) is 343 Å². The van der Waals surface area contributed by atoms with Crippen molar-refractivity contribution in [3.05, 3.63) is 0 Å². The summed E-state index contributed by atoms with van der Waals surface area (Å²) in [6, 6.07) is 0. The molecule has 0 aliphatic carbocycles. The molecule has 3 N–H and O–H groups in total. The first-order valence-corrected chi connectivity index (χ1v) is 38.5. The van der Waals surface area contributed by atoms with Crippen molar-refractivity contribution in [3.63, 3.8) is 0 Å². The number of phosphoric ester groups is 2. The Bertz CT molecular complexity index is 1700. The summed E-state index contributed by atoms with van der Waals surface area (Å²) in [7, 11) is -9.89. The van der Waals surface area contributed by atoms with Crippen LogP contribution in [0.3, 0.4) is 0 Å². The van der Waals surface area contributed by atoms with Gasteiger partial charge in [-0.2, -0.15) is 0 Å². The SMILES string of the molecule is CCCCCCCCCCCCCCCCC(=O)OC[C@H](COP(=O)(O)OC[C@@H](O)COP(=O)(O)OC[C@@H](COC(=O)CCCCCCCCC)OC(=O)CCCCCCCCC(C)C)OC(=O)CCCCCCCCCCCCCCCCC(C)C. The number of ether oxygens (including phenoxy) is 4. The summed E-state index contributed by atoms with van der Waals surface area (Å²) in [6.07, 6.45) is 44.7. The first-order chi connectivity index (χ1) is 41.9. The maximum Gasteiger partial charge on any atom is 0.472 e. The summed E-state index contributed by atoms with van der Waals surface area (Å²) in [5, 5.41) is 10.5. The van der Waals surface area contributed by atoms with E-state index in [2.05, 4.69) is 41.5 Å². The van der Waals surface area contributed by atoms with Crippen LogP contribution in [0.5, 0.6) is 0 Å². The molecular weight excluding hydrogens is 1150 g/mol. The zero-order chi connectivity index (χ0) is 64.3. The van der Waals surface area contributed by atoms with Gasteiger partial charge in [0.2, 0.25) is 0 Å².